The second-order valence-corrected chi connectivity index (χ2v) is 8.02. The lowest BCUT2D eigenvalue weighted by atomic mass is 9.94. The number of imidazole rings is 1. The summed E-state index contributed by atoms with van der Waals surface area (Å²) in [5, 5.41) is 0. The van der Waals surface area contributed by atoms with Crippen LogP contribution in [-0.2, 0) is 0 Å². The number of hydrogen-bond donors (Lipinski definition) is 0. The van der Waals surface area contributed by atoms with Gasteiger partial charge in [-0.2, -0.15) is 0 Å². The Hall–Kier alpha value is -1.95. The molecule has 140 valence electrons. The van der Waals surface area contributed by atoms with E-state index >= 15 is 0 Å². The molecule has 1 atom stereocenters. The van der Waals surface area contributed by atoms with E-state index in [2.05, 4.69) is 26.7 Å². The zero-order valence-corrected chi connectivity index (χ0v) is 16.0. The minimum atomic E-state index is 0.734. The van der Waals surface area contributed by atoms with Crippen molar-refractivity contribution < 1.29 is 0 Å². The van der Waals surface area contributed by atoms with Crippen LogP contribution < -0.4 is 4.90 Å². The molecule has 4 heterocycles. The summed E-state index contributed by atoms with van der Waals surface area (Å²) < 4.78 is 1.99. The van der Waals surface area contributed by atoms with E-state index in [4.69, 9.17) is 4.98 Å². The van der Waals surface area contributed by atoms with Gasteiger partial charge in [-0.1, -0.05) is 6.92 Å². The van der Waals surface area contributed by atoms with Crippen LogP contribution in [0.5, 0.6) is 0 Å². The van der Waals surface area contributed by atoms with E-state index in [1.807, 2.05) is 30.1 Å². The van der Waals surface area contributed by atoms with Crippen molar-refractivity contribution in [2.75, 3.05) is 37.6 Å². The van der Waals surface area contributed by atoms with Crippen molar-refractivity contribution in [1.82, 2.24) is 24.4 Å². The third-order valence-corrected chi connectivity index (χ3v) is 5.92. The highest BCUT2D eigenvalue weighted by molar-refractivity contribution is 5.40. The Morgan fingerprint density at radius 1 is 1.08 bits per heavy atom. The molecule has 0 amide bonds. The normalized spacial score (nSPS) is 22.7. The summed E-state index contributed by atoms with van der Waals surface area (Å²) in [4.78, 5) is 18.7. The van der Waals surface area contributed by atoms with E-state index in [1.165, 1.54) is 45.3 Å². The molecule has 0 bridgehead atoms. The van der Waals surface area contributed by atoms with Crippen LogP contribution in [0.4, 0.5) is 5.82 Å². The molecule has 6 heteroatoms. The molecule has 2 aliphatic heterocycles. The number of piperidine rings is 2. The van der Waals surface area contributed by atoms with Crippen molar-refractivity contribution >= 4 is 5.82 Å². The zero-order chi connectivity index (χ0) is 17.9. The van der Waals surface area contributed by atoms with Gasteiger partial charge in [-0.05, 0) is 57.5 Å². The summed E-state index contributed by atoms with van der Waals surface area (Å²) in [6, 6.07) is 0. The van der Waals surface area contributed by atoms with Crippen LogP contribution in [0.3, 0.4) is 0 Å². The van der Waals surface area contributed by atoms with Crippen molar-refractivity contribution in [3.63, 3.8) is 0 Å². The predicted molar refractivity (Wildman–Crippen MR) is 104 cm³/mol. The average molecular weight is 355 g/mol. The number of anilines is 1. The molecular formula is C20H30N6. The Kier molecular flexibility index (Phi) is 5.20. The highest BCUT2D eigenvalue weighted by Gasteiger charge is 2.25. The number of hydrogen-bond acceptors (Lipinski definition) is 5. The van der Waals surface area contributed by atoms with Crippen LogP contribution in [0.1, 0.15) is 38.4 Å². The molecule has 0 saturated carbocycles. The van der Waals surface area contributed by atoms with Crippen molar-refractivity contribution in [3.05, 3.63) is 30.6 Å². The Labute approximate surface area is 156 Å². The van der Waals surface area contributed by atoms with E-state index in [9.17, 15) is 0 Å². The quantitative estimate of drug-likeness (QED) is 0.845. The molecule has 2 saturated heterocycles. The Morgan fingerprint density at radius 3 is 2.65 bits per heavy atom. The van der Waals surface area contributed by atoms with E-state index in [-0.39, 0.29) is 0 Å². The molecule has 0 N–H and O–H groups in total. The molecule has 0 radical (unpaired) electrons. The third kappa shape index (κ3) is 3.90. The summed E-state index contributed by atoms with van der Waals surface area (Å²) in [6.07, 6.45) is 12.7. The smallest absolute Gasteiger partial charge is 0.159 e. The van der Waals surface area contributed by atoms with Gasteiger partial charge in [-0.15, -0.1) is 0 Å². The minimum Gasteiger partial charge on any atom is -0.355 e. The highest BCUT2D eigenvalue weighted by atomic mass is 15.2. The van der Waals surface area contributed by atoms with Gasteiger partial charge >= 0.3 is 0 Å². The number of aromatic nitrogens is 4. The lowest BCUT2D eigenvalue weighted by Gasteiger charge is -2.38. The average Bonchev–Trinajstić information content (AvgIpc) is 3.10. The first-order valence-electron chi connectivity index (χ1n) is 9.98. The van der Waals surface area contributed by atoms with Gasteiger partial charge in [0.15, 0.2) is 5.82 Å². The van der Waals surface area contributed by atoms with E-state index in [0.29, 0.717) is 0 Å². The first-order valence-corrected chi connectivity index (χ1v) is 9.98. The van der Waals surface area contributed by atoms with E-state index in [0.717, 1.165) is 42.4 Å². The molecule has 2 aromatic heterocycles. The third-order valence-electron chi connectivity index (χ3n) is 5.92. The fraction of sp³-hybridized carbons (Fsp3) is 0.650. The van der Waals surface area contributed by atoms with Crippen LogP contribution in [0.15, 0.2) is 24.8 Å². The lowest BCUT2D eigenvalue weighted by molar-refractivity contribution is 0.159. The van der Waals surface area contributed by atoms with Gasteiger partial charge in [-0.25, -0.2) is 9.97 Å². The van der Waals surface area contributed by atoms with Crippen LogP contribution in [0.25, 0.3) is 5.82 Å². The second kappa shape index (κ2) is 7.74. The van der Waals surface area contributed by atoms with E-state index in [1.54, 1.807) is 6.20 Å². The summed E-state index contributed by atoms with van der Waals surface area (Å²) in [7, 11) is 0. The van der Waals surface area contributed by atoms with Crippen molar-refractivity contribution in [1.29, 1.82) is 0 Å². The molecular weight excluding hydrogens is 324 g/mol. The zero-order valence-electron chi connectivity index (χ0n) is 16.0. The number of rotatable bonds is 4. The maximum absolute atomic E-state index is 4.86. The summed E-state index contributed by atoms with van der Waals surface area (Å²) >= 11 is 0. The molecule has 2 aromatic rings. The molecule has 0 spiro atoms. The highest BCUT2D eigenvalue weighted by Crippen LogP contribution is 2.24. The van der Waals surface area contributed by atoms with Gasteiger partial charge in [0.25, 0.3) is 0 Å². The molecule has 4 rings (SSSR count). The fourth-order valence-electron chi connectivity index (χ4n) is 4.27. The van der Waals surface area contributed by atoms with Crippen LogP contribution in [0, 0.1) is 18.8 Å². The number of likely N-dealkylation sites (tertiary alicyclic amines) is 1. The molecule has 2 aliphatic rings. The SMILES string of the molecule is Cc1nccn1-c1cncc(N2CCCC(CN3CCC(C)CC3)C2)n1. The standard InChI is InChI=1S/C20H30N6/c1-16-5-9-24(10-6-16)14-18-4-3-8-25(15-18)19-12-21-13-20(23-19)26-11-7-22-17(26)2/h7,11-13,16,18H,3-6,8-10,14-15H2,1-2H3. The van der Waals surface area contributed by atoms with Gasteiger partial charge in [0.1, 0.15) is 11.6 Å². The van der Waals surface area contributed by atoms with Crippen LogP contribution in [-0.4, -0.2) is 57.1 Å². The van der Waals surface area contributed by atoms with E-state index < -0.39 is 0 Å². The summed E-state index contributed by atoms with van der Waals surface area (Å²) in [6.45, 7) is 10.3. The predicted octanol–water partition coefficient (Wildman–Crippen LogP) is 2.92. The first kappa shape index (κ1) is 17.5. The topological polar surface area (TPSA) is 50.1 Å². The lowest BCUT2D eigenvalue weighted by Crippen LogP contribution is -2.43. The largest absolute Gasteiger partial charge is 0.355 e. The Morgan fingerprint density at radius 2 is 1.88 bits per heavy atom. The van der Waals surface area contributed by atoms with Crippen molar-refractivity contribution in [2.45, 2.75) is 39.5 Å². The minimum absolute atomic E-state index is 0.734. The van der Waals surface area contributed by atoms with Gasteiger partial charge in [0.05, 0.1) is 12.4 Å². The van der Waals surface area contributed by atoms with Crippen LogP contribution in [0.2, 0.25) is 0 Å². The Balaban J connectivity index is 1.42. The molecule has 26 heavy (non-hydrogen) atoms. The maximum atomic E-state index is 4.86. The van der Waals surface area contributed by atoms with Gasteiger partial charge < -0.3 is 9.80 Å². The number of nitrogens with zero attached hydrogens (tertiary/aromatic N) is 6. The maximum Gasteiger partial charge on any atom is 0.159 e. The van der Waals surface area contributed by atoms with Crippen molar-refractivity contribution in [2.24, 2.45) is 11.8 Å². The van der Waals surface area contributed by atoms with Crippen LogP contribution >= 0.6 is 0 Å². The molecule has 0 aliphatic carbocycles. The summed E-state index contributed by atoms with van der Waals surface area (Å²) in [5.74, 6) is 4.42. The fourth-order valence-corrected chi connectivity index (χ4v) is 4.27. The molecule has 2 fully saturated rings. The molecule has 0 aromatic carbocycles. The Bertz CT molecular complexity index is 719. The number of aryl methyl sites for hydroxylation is 1. The van der Waals surface area contributed by atoms with Gasteiger partial charge in [0.2, 0.25) is 0 Å². The second-order valence-electron chi connectivity index (χ2n) is 8.02. The first-order chi connectivity index (χ1) is 12.7. The van der Waals surface area contributed by atoms with Gasteiger partial charge in [0, 0.05) is 32.0 Å². The van der Waals surface area contributed by atoms with Crippen molar-refractivity contribution in [3.8, 4) is 5.82 Å². The summed E-state index contributed by atoms with van der Waals surface area (Å²) in [5.41, 5.74) is 0. The molecule has 1 unspecified atom stereocenters. The van der Waals surface area contributed by atoms with Gasteiger partial charge in [-0.3, -0.25) is 9.55 Å². The monoisotopic (exact) mass is 354 g/mol. The molecule has 6 nitrogen and oxygen atoms in total.